The molecule has 0 atom stereocenters. The predicted octanol–water partition coefficient (Wildman–Crippen LogP) is 2.38. The number of nitroso groups, excluding NO2 is 1. The summed E-state index contributed by atoms with van der Waals surface area (Å²) < 4.78 is 0. The van der Waals surface area contributed by atoms with Crippen LogP contribution < -0.4 is 5.32 Å². The van der Waals surface area contributed by atoms with E-state index in [9.17, 15) is 9.70 Å². The Labute approximate surface area is 97.2 Å². The maximum atomic E-state index is 11.5. The first-order chi connectivity index (χ1) is 8.22. The number of para-hydroxylation sites is 1. The fourth-order valence-corrected chi connectivity index (χ4v) is 1.44. The Morgan fingerprint density at radius 2 is 2.12 bits per heavy atom. The van der Waals surface area contributed by atoms with E-state index in [0.29, 0.717) is 16.2 Å². The zero-order valence-corrected chi connectivity index (χ0v) is 9.12. The fraction of sp³-hybridized carbons (Fsp3) is 0.0909. The number of urea groups is 1. The van der Waals surface area contributed by atoms with Crippen LogP contribution in [0.3, 0.4) is 0 Å². The summed E-state index contributed by atoms with van der Waals surface area (Å²) in [6.07, 6.45) is 1.64. The Hall–Kier alpha value is -2.50. The number of hydrogen-bond donors (Lipinski definition) is 1. The van der Waals surface area contributed by atoms with E-state index in [-0.39, 0.29) is 0 Å². The highest BCUT2D eigenvalue weighted by molar-refractivity contribution is 5.99. The van der Waals surface area contributed by atoms with Crippen molar-refractivity contribution < 1.29 is 4.79 Å². The summed E-state index contributed by atoms with van der Waals surface area (Å²) >= 11 is 0. The molecule has 1 aromatic carbocycles. The molecule has 0 fully saturated rings. The van der Waals surface area contributed by atoms with E-state index in [1.54, 1.807) is 18.3 Å². The van der Waals surface area contributed by atoms with Crippen LogP contribution in [0.5, 0.6) is 0 Å². The van der Waals surface area contributed by atoms with Crippen LogP contribution in [0.25, 0.3) is 10.9 Å². The molecule has 1 heterocycles. The topological polar surface area (TPSA) is 74.7 Å². The van der Waals surface area contributed by atoms with E-state index in [1.807, 2.05) is 18.2 Å². The molecule has 2 aromatic rings. The molecule has 0 radical (unpaired) electrons. The van der Waals surface area contributed by atoms with Crippen molar-refractivity contribution in [3.05, 3.63) is 41.4 Å². The molecule has 1 aromatic heterocycles. The number of amides is 2. The Bertz CT molecular complexity index is 565. The molecule has 0 bridgehead atoms. The van der Waals surface area contributed by atoms with Crippen molar-refractivity contribution in [2.24, 2.45) is 5.29 Å². The third-order valence-electron chi connectivity index (χ3n) is 2.29. The maximum Gasteiger partial charge on any atom is 0.344 e. The molecule has 0 aliphatic heterocycles. The van der Waals surface area contributed by atoms with Gasteiger partial charge < -0.3 is 5.32 Å². The van der Waals surface area contributed by atoms with Gasteiger partial charge >= 0.3 is 6.03 Å². The second-order valence-corrected chi connectivity index (χ2v) is 3.42. The number of carbonyl (C=O) groups excluding carboxylic acids is 1. The number of benzene rings is 1. The quantitative estimate of drug-likeness (QED) is 0.635. The third kappa shape index (κ3) is 2.20. The van der Waals surface area contributed by atoms with Gasteiger partial charge in [-0.3, -0.25) is 4.98 Å². The number of nitrogens with zero attached hydrogens (tertiary/aromatic N) is 3. The number of rotatable bonds is 2. The minimum atomic E-state index is -0.599. The van der Waals surface area contributed by atoms with Crippen molar-refractivity contribution in [2.75, 3.05) is 12.4 Å². The van der Waals surface area contributed by atoms with Crippen LogP contribution in [0.1, 0.15) is 0 Å². The summed E-state index contributed by atoms with van der Waals surface area (Å²) in [5.74, 6) is 0. The predicted molar refractivity (Wildman–Crippen MR) is 64.3 cm³/mol. The lowest BCUT2D eigenvalue weighted by molar-refractivity contribution is 0.224. The van der Waals surface area contributed by atoms with Crippen molar-refractivity contribution in [2.45, 2.75) is 0 Å². The van der Waals surface area contributed by atoms with Crippen LogP contribution in [0.4, 0.5) is 10.5 Å². The average Bonchev–Trinajstić information content (AvgIpc) is 2.38. The number of nitrogens with one attached hydrogen (secondary N) is 1. The van der Waals surface area contributed by atoms with Gasteiger partial charge in [0.2, 0.25) is 0 Å². The highest BCUT2D eigenvalue weighted by atomic mass is 16.3. The van der Waals surface area contributed by atoms with E-state index in [2.05, 4.69) is 15.6 Å². The van der Waals surface area contributed by atoms with Gasteiger partial charge in [-0.1, -0.05) is 18.2 Å². The lowest BCUT2D eigenvalue weighted by Gasteiger charge is -2.10. The molecule has 0 saturated heterocycles. The highest BCUT2D eigenvalue weighted by Gasteiger charge is 2.10. The van der Waals surface area contributed by atoms with Crippen LogP contribution in [0.2, 0.25) is 0 Å². The highest BCUT2D eigenvalue weighted by Crippen LogP contribution is 2.20. The summed E-state index contributed by atoms with van der Waals surface area (Å²) in [6.45, 7) is 0. The van der Waals surface area contributed by atoms with Crippen molar-refractivity contribution >= 4 is 22.6 Å². The van der Waals surface area contributed by atoms with Crippen molar-refractivity contribution in [3.63, 3.8) is 0 Å². The van der Waals surface area contributed by atoms with Gasteiger partial charge in [-0.15, -0.1) is 4.91 Å². The van der Waals surface area contributed by atoms with Gasteiger partial charge in [0.05, 0.1) is 16.5 Å². The van der Waals surface area contributed by atoms with Crippen LogP contribution in [-0.2, 0) is 0 Å². The Balaban J connectivity index is 2.36. The van der Waals surface area contributed by atoms with E-state index < -0.39 is 6.03 Å². The van der Waals surface area contributed by atoms with Gasteiger partial charge in [0.1, 0.15) is 0 Å². The standard InChI is InChI=1S/C11H10N4O2/c1-15(14-17)11(16)13-9-6-2-4-8-5-3-7-12-10(8)9/h2-7H,1H3,(H,13,16). The van der Waals surface area contributed by atoms with Crippen molar-refractivity contribution in [3.8, 4) is 0 Å². The molecule has 86 valence electrons. The van der Waals surface area contributed by atoms with E-state index >= 15 is 0 Å². The van der Waals surface area contributed by atoms with Gasteiger partial charge in [-0.05, 0) is 12.1 Å². The normalized spacial score (nSPS) is 9.94. The minimum absolute atomic E-state index is 0.545. The number of aromatic nitrogens is 1. The Morgan fingerprint density at radius 3 is 2.88 bits per heavy atom. The van der Waals surface area contributed by atoms with Gasteiger partial charge in [0.15, 0.2) is 0 Å². The monoisotopic (exact) mass is 230 g/mol. The second kappa shape index (κ2) is 4.56. The van der Waals surface area contributed by atoms with Crippen LogP contribution in [0.15, 0.2) is 41.8 Å². The number of carbonyl (C=O) groups is 1. The van der Waals surface area contributed by atoms with Gasteiger partial charge in [-0.2, -0.15) is 5.01 Å². The fourth-order valence-electron chi connectivity index (χ4n) is 1.44. The van der Waals surface area contributed by atoms with Gasteiger partial charge in [0.25, 0.3) is 0 Å². The molecule has 6 heteroatoms. The van der Waals surface area contributed by atoms with E-state index in [4.69, 9.17) is 0 Å². The molecule has 17 heavy (non-hydrogen) atoms. The molecule has 0 aliphatic rings. The zero-order valence-electron chi connectivity index (χ0n) is 9.12. The molecule has 0 aliphatic carbocycles. The lowest BCUT2D eigenvalue weighted by atomic mass is 10.2. The summed E-state index contributed by atoms with van der Waals surface area (Å²) in [6, 6.07) is 8.50. The van der Waals surface area contributed by atoms with Crippen molar-refractivity contribution in [1.29, 1.82) is 0 Å². The summed E-state index contributed by atoms with van der Waals surface area (Å²) in [7, 11) is 1.28. The summed E-state index contributed by atoms with van der Waals surface area (Å²) in [5.41, 5.74) is 1.21. The second-order valence-electron chi connectivity index (χ2n) is 3.42. The van der Waals surface area contributed by atoms with Crippen molar-refractivity contribution in [1.82, 2.24) is 9.99 Å². The van der Waals surface area contributed by atoms with E-state index in [1.165, 1.54) is 7.05 Å². The summed E-state index contributed by atoms with van der Waals surface area (Å²) in [5, 5.41) is 6.67. The van der Waals surface area contributed by atoms with Crippen LogP contribution >= 0.6 is 0 Å². The Kier molecular flexibility index (Phi) is 2.95. The van der Waals surface area contributed by atoms with Crippen LogP contribution in [-0.4, -0.2) is 23.1 Å². The van der Waals surface area contributed by atoms with Crippen LogP contribution in [0, 0.1) is 4.91 Å². The number of anilines is 1. The minimum Gasteiger partial charge on any atom is -0.304 e. The molecular formula is C11H10N4O2. The first-order valence-corrected chi connectivity index (χ1v) is 4.94. The largest absolute Gasteiger partial charge is 0.344 e. The number of pyridine rings is 1. The molecular weight excluding hydrogens is 220 g/mol. The number of hydrogen-bond acceptors (Lipinski definition) is 4. The molecule has 1 N–H and O–H groups in total. The zero-order chi connectivity index (χ0) is 12.3. The first kappa shape index (κ1) is 11.0. The Morgan fingerprint density at radius 1 is 1.35 bits per heavy atom. The third-order valence-corrected chi connectivity index (χ3v) is 2.29. The van der Waals surface area contributed by atoms with E-state index in [0.717, 1.165) is 5.39 Å². The summed E-state index contributed by atoms with van der Waals surface area (Å²) in [4.78, 5) is 25.9. The molecule has 0 spiro atoms. The van der Waals surface area contributed by atoms with Gasteiger partial charge in [-0.25, -0.2) is 4.79 Å². The molecule has 6 nitrogen and oxygen atoms in total. The molecule has 0 saturated carbocycles. The molecule has 2 amide bonds. The smallest absolute Gasteiger partial charge is 0.304 e. The maximum absolute atomic E-state index is 11.5. The molecule has 2 rings (SSSR count). The first-order valence-electron chi connectivity index (χ1n) is 4.94. The molecule has 0 unspecified atom stereocenters. The lowest BCUT2D eigenvalue weighted by Crippen LogP contribution is -2.26. The SMILES string of the molecule is CN(N=O)C(=O)Nc1cccc2cccnc12. The van der Waals surface area contributed by atoms with Gasteiger partial charge in [0, 0.05) is 18.6 Å². The average molecular weight is 230 g/mol. The number of fused-ring (bicyclic) bond motifs is 1.